The predicted octanol–water partition coefficient (Wildman–Crippen LogP) is 4.93. The molecule has 0 heterocycles. The Morgan fingerprint density at radius 3 is 2.50 bits per heavy atom. The van der Waals surface area contributed by atoms with Crippen LogP contribution in [0, 0.1) is 11.8 Å². The topological polar surface area (TPSA) is 0 Å². The van der Waals surface area contributed by atoms with Crippen LogP contribution in [0.15, 0.2) is 18.2 Å². The summed E-state index contributed by atoms with van der Waals surface area (Å²) >= 11 is 18.2. The zero-order chi connectivity index (χ0) is 10.3. The molecule has 0 spiro atoms. The van der Waals surface area contributed by atoms with Gasteiger partial charge in [0.1, 0.15) is 0 Å². The lowest BCUT2D eigenvalue weighted by molar-refractivity contribution is 0.722. The largest absolute Gasteiger partial charge is 0.117 e. The molecule has 1 aliphatic rings. The Kier molecular flexibility index (Phi) is 2.97. The summed E-state index contributed by atoms with van der Waals surface area (Å²) in [5, 5.41) is 1.37. The maximum absolute atomic E-state index is 6.33. The van der Waals surface area contributed by atoms with Gasteiger partial charge in [0, 0.05) is 10.0 Å². The minimum absolute atomic E-state index is 0.0368. The van der Waals surface area contributed by atoms with E-state index in [1.54, 1.807) is 6.07 Å². The van der Waals surface area contributed by atoms with Gasteiger partial charge in [0.2, 0.25) is 0 Å². The zero-order valence-electron chi connectivity index (χ0n) is 7.81. The first-order valence-electron chi connectivity index (χ1n) is 4.68. The molecule has 0 aliphatic heterocycles. The van der Waals surface area contributed by atoms with Crippen LogP contribution in [0.25, 0.3) is 0 Å². The van der Waals surface area contributed by atoms with Crippen LogP contribution >= 0.6 is 34.8 Å². The third kappa shape index (κ3) is 2.03. The van der Waals surface area contributed by atoms with Gasteiger partial charge < -0.3 is 0 Å². The Labute approximate surface area is 99.2 Å². The molecule has 0 amide bonds. The van der Waals surface area contributed by atoms with Crippen LogP contribution in [0.5, 0.6) is 0 Å². The van der Waals surface area contributed by atoms with Crippen molar-refractivity contribution in [3.05, 3.63) is 33.8 Å². The molecule has 2 rings (SSSR count). The van der Waals surface area contributed by atoms with Gasteiger partial charge in [-0.15, -0.1) is 11.6 Å². The minimum Gasteiger partial charge on any atom is -0.117 e. The van der Waals surface area contributed by atoms with Crippen LogP contribution in [-0.2, 0) is 0 Å². The summed E-state index contributed by atoms with van der Waals surface area (Å²) in [7, 11) is 0. The Balaban J connectivity index is 2.23. The third-order valence-corrected chi connectivity index (χ3v) is 3.93. The first-order chi connectivity index (χ1) is 6.59. The van der Waals surface area contributed by atoms with E-state index in [0.717, 1.165) is 11.5 Å². The summed E-state index contributed by atoms with van der Waals surface area (Å²) in [5.74, 6) is 1.31. The standard InChI is InChI=1S/C11H11Cl3/c1-6-4-9(6)11(14)8-3-2-7(12)5-10(8)13/h2-3,5-6,9,11H,4H2,1H3. The molecule has 76 valence electrons. The lowest BCUT2D eigenvalue weighted by Gasteiger charge is -2.11. The second-order valence-corrected chi connectivity index (χ2v) is 5.26. The summed E-state index contributed by atoms with van der Waals surface area (Å²) in [6, 6.07) is 5.51. The van der Waals surface area contributed by atoms with Crippen molar-refractivity contribution >= 4 is 34.8 Å². The number of rotatable bonds is 2. The van der Waals surface area contributed by atoms with E-state index in [1.807, 2.05) is 12.1 Å². The van der Waals surface area contributed by atoms with Crippen LogP contribution in [0.2, 0.25) is 10.0 Å². The van der Waals surface area contributed by atoms with Crippen LogP contribution in [0.4, 0.5) is 0 Å². The highest BCUT2D eigenvalue weighted by atomic mass is 35.5. The lowest BCUT2D eigenvalue weighted by Crippen LogP contribution is -1.95. The highest BCUT2D eigenvalue weighted by molar-refractivity contribution is 6.35. The molecule has 3 heteroatoms. The molecular weight excluding hydrogens is 238 g/mol. The normalized spacial score (nSPS) is 27.4. The Hall–Kier alpha value is 0.0900. The fraction of sp³-hybridized carbons (Fsp3) is 0.455. The van der Waals surface area contributed by atoms with E-state index in [1.165, 1.54) is 6.42 Å². The molecule has 0 nitrogen and oxygen atoms in total. The van der Waals surface area contributed by atoms with Crippen LogP contribution in [0.1, 0.15) is 24.3 Å². The molecule has 1 aliphatic carbocycles. The van der Waals surface area contributed by atoms with Crippen molar-refractivity contribution in [2.24, 2.45) is 11.8 Å². The number of hydrogen-bond acceptors (Lipinski definition) is 0. The van der Waals surface area contributed by atoms with Gasteiger partial charge in [0.05, 0.1) is 5.38 Å². The summed E-state index contributed by atoms with van der Waals surface area (Å²) in [5.41, 5.74) is 1.01. The Bertz CT molecular complexity index is 348. The first-order valence-corrected chi connectivity index (χ1v) is 5.88. The molecule has 14 heavy (non-hydrogen) atoms. The van der Waals surface area contributed by atoms with E-state index >= 15 is 0 Å². The quantitative estimate of drug-likeness (QED) is 0.652. The van der Waals surface area contributed by atoms with Gasteiger partial charge >= 0.3 is 0 Å². The number of alkyl halides is 1. The molecule has 0 radical (unpaired) electrons. The van der Waals surface area contributed by atoms with Crippen LogP contribution in [0.3, 0.4) is 0 Å². The van der Waals surface area contributed by atoms with E-state index in [0.29, 0.717) is 16.0 Å². The molecular formula is C11H11Cl3. The number of benzene rings is 1. The monoisotopic (exact) mass is 248 g/mol. The fourth-order valence-electron chi connectivity index (χ4n) is 1.71. The summed E-state index contributed by atoms with van der Waals surface area (Å²) in [4.78, 5) is 0. The Morgan fingerprint density at radius 1 is 1.36 bits per heavy atom. The van der Waals surface area contributed by atoms with Gasteiger partial charge in [0.15, 0.2) is 0 Å². The molecule has 1 aromatic rings. The van der Waals surface area contributed by atoms with Gasteiger partial charge in [-0.05, 0) is 36.0 Å². The van der Waals surface area contributed by atoms with E-state index in [2.05, 4.69) is 6.92 Å². The van der Waals surface area contributed by atoms with Crippen molar-refractivity contribution in [3.8, 4) is 0 Å². The predicted molar refractivity (Wildman–Crippen MR) is 62.3 cm³/mol. The SMILES string of the molecule is CC1CC1C(Cl)c1ccc(Cl)cc1Cl. The Morgan fingerprint density at radius 2 is 2.00 bits per heavy atom. The van der Waals surface area contributed by atoms with E-state index in [-0.39, 0.29) is 5.38 Å². The van der Waals surface area contributed by atoms with Crippen molar-refractivity contribution in [1.82, 2.24) is 0 Å². The highest BCUT2D eigenvalue weighted by Crippen LogP contribution is 2.51. The molecule has 0 bridgehead atoms. The maximum atomic E-state index is 6.33. The van der Waals surface area contributed by atoms with Crippen molar-refractivity contribution in [3.63, 3.8) is 0 Å². The minimum atomic E-state index is 0.0368. The summed E-state index contributed by atoms with van der Waals surface area (Å²) < 4.78 is 0. The molecule has 3 unspecified atom stereocenters. The molecule has 0 N–H and O–H groups in total. The molecule has 0 aromatic heterocycles. The third-order valence-electron chi connectivity index (χ3n) is 2.81. The molecule has 1 saturated carbocycles. The number of halogens is 3. The van der Waals surface area contributed by atoms with Crippen molar-refractivity contribution in [1.29, 1.82) is 0 Å². The van der Waals surface area contributed by atoms with Gasteiger partial charge in [-0.3, -0.25) is 0 Å². The highest BCUT2D eigenvalue weighted by Gasteiger charge is 2.39. The lowest BCUT2D eigenvalue weighted by atomic mass is 10.1. The second kappa shape index (κ2) is 3.92. The van der Waals surface area contributed by atoms with Gasteiger partial charge in [0.25, 0.3) is 0 Å². The van der Waals surface area contributed by atoms with Gasteiger partial charge in [-0.2, -0.15) is 0 Å². The van der Waals surface area contributed by atoms with Gasteiger partial charge in [-0.1, -0.05) is 36.2 Å². The van der Waals surface area contributed by atoms with Crippen molar-refractivity contribution < 1.29 is 0 Å². The average molecular weight is 250 g/mol. The molecule has 1 aromatic carbocycles. The van der Waals surface area contributed by atoms with E-state index < -0.39 is 0 Å². The van der Waals surface area contributed by atoms with E-state index in [4.69, 9.17) is 34.8 Å². The van der Waals surface area contributed by atoms with Crippen molar-refractivity contribution in [2.75, 3.05) is 0 Å². The molecule has 0 saturated heterocycles. The van der Waals surface area contributed by atoms with Crippen molar-refractivity contribution in [2.45, 2.75) is 18.7 Å². The van der Waals surface area contributed by atoms with E-state index in [9.17, 15) is 0 Å². The number of hydrogen-bond donors (Lipinski definition) is 0. The summed E-state index contributed by atoms with van der Waals surface area (Å²) in [6.07, 6.45) is 1.20. The van der Waals surface area contributed by atoms with Crippen LogP contribution < -0.4 is 0 Å². The smallest absolute Gasteiger partial charge is 0.0630 e. The second-order valence-electron chi connectivity index (χ2n) is 3.94. The average Bonchev–Trinajstić information content (AvgIpc) is 2.81. The summed E-state index contributed by atoms with van der Waals surface area (Å²) in [6.45, 7) is 2.21. The van der Waals surface area contributed by atoms with Gasteiger partial charge in [-0.25, -0.2) is 0 Å². The van der Waals surface area contributed by atoms with Crippen LogP contribution in [-0.4, -0.2) is 0 Å². The molecule has 1 fully saturated rings. The molecule has 3 atom stereocenters. The maximum Gasteiger partial charge on any atom is 0.0630 e. The zero-order valence-corrected chi connectivity index (χ0v) is 10.1. The fourth-order valence-corrected chi connectivity index (χ4v) is 2.84. The first kappa shape index (κ1) is 10.6.